The maximum atomic E-state index is 12.4. The van der Waals surface area contributed by atoms with Crippen LogP contribution < -0.4 is 5.32 Å². The highest BCUT2D eigenvalue weighted by Crippen LogP contribution is 2.18. The van der Waals surface area contributed by atoms with E-state index in [4.69, 9.17) is 4.74 Å². The average molecular weight is 348 g/mol. The minimum atomic E-state index is -0.350. The molecule has 0 spiro atoms. The molecule has 1 aromatic carbocycles. The standard InChI is InChI=1S/C19H28N2O4/c1-2-25-19(24)21-10-6-9-17(13-21)18(23)20-12-16(14-22)11-15-7-4-3-5-8-15/h3-5,7-8,16-17,22H,2,6,9-14H2,1H3,(H,20,23)/t16-,17+/m0/s1. The molecule has 1 aromatic rings. The van der Waals surface area contributed by atoms with Crippen molar-refractivity contribution in [3.05, 3.63) is 35.9 Å². The predicted molar refractivity (Wildman–Crippen MR) is 95.1 cm³/mol. The molecule has 25 heavy (non-hydrogen) atoms. The Labute approximate surface area is 149 Å². The van der Waals surface area contributed by atoms with Crippen molar-refractivity contribution in [1.82, 2.24) is 10.2 Å². The van der Waals surface area contributed by atoms with E-state index in [1.807, 2.05) is 30.3 Å². The number of nitrogens with one attached hydrogen (secondary N) is 1. The fraction of sp³-hybridized carbons (Fsp3) is 0.579. The minimum absolute atomic E-state index is 0.0175. The number of benzene rings is 1. The van der Waals surface area contributed by atoms with E-state index in [9.17, 15) is 14.7 Å². The molecule has 1 heterocycles. The van der Waals surface area contributed by atoms with Crippen LogP contribution in [0.1, 0.15) is 25.3 Å². The number of carbonyl (C=O) groups is 2. The Balaban J connectivity index is 1.80. The number of hydrogen-bond donors (Lipinski definition) is 2. The molecule has 1 fully saturated rings. The average Bonchev–Trinajstić information content (AvgIpc) is 2.66. The van der Waals surface area contributed by atoms with Gasteiger partial charge in [0.15, 0.2) is 0 Å². The molecule has 0 aliphatic carbocycles. The van der Waals surface area contributed by atoms with Crippen molar-refractivity contribution in [1.29, 1.82) is 0 Å². The number of piperidine rings is 1. The van der Waals surface area contributed by atoms with Crippen molar-refractivity contribution in [2.45, 2.75) is 26.2 Å². The van der Waals surface area contributed by atoms with Gasteiger partial charge in [-0.2, -0.15) is 0 Å². The van der Waals surface area contributed by atoms with E-state index in [0.29, 0.717) is 26.2 Å². The summed E-state index contributed by atoms with van der Waals surface area (Å²) in [5.74, 6) is -0.286. The summed E-state index contributed by atoms with van der Waals surface area (Å²) >= 11 is 0. The first kappa shape index (κ1) is 19.2. The van der Waals surface area contributed by atoms with Crippen molar-refractivity contribution in [2.24, 2.45) is 11.8 Å². The lowest BCUT2D eigenvalue weighted by Crippen LogP contribution is -2.46. The van der Waals surface area contributed by atoms with Crippen LogP contribution in [0, 0.1) is 11.8 Å². The van der Waals surface area contributed by atoms with Gasteiger partial charge >= 0.3 is 6.09 Å². The first-order chi connectivity index (χ1) is 12.1. The van der Waals surface area contributed by atoms with Crippen LogP contribution >= 0.6 is 0 Å². The smallest absolute Gasteiger partial charge is 0.409 e. The van der Waals surface area contributed by atoms with Gasteiger partial charge in [0, 0.05) is 32.2 Å². The van der Waals surface area contributed by atoms with Gasteiger partial charge in [-0.15, -0.1) is 0 Å². The molecule has 0 unspecified atom stereocenters. The summed E-state index contributed by atoms with van der Waals surface area (Å²) in [6, 6.07) is 9.92. The van der Waals surface area contributed by atoms with Gasteiger partial charge in [-0.1, -0.05) is 30.3 Å². The van der Waals surface area contributed by atoms with Crippen LogP contribution in [0.4, 0.5) is 4.79 Å². The Morgan fingerprint density at radius 1 is 1.36 bits per heavy atom. The molecule has 2 rings (SSSR count). The highest BCUT2D eigenvalue weighted by molar-refractivity contribution is 5.80. The van der Waals surface area contributed by atoms with Crippen molar-refractivity contribution >= 4 is 12.0 Å². The zero-order chi connectivity index (χ0) is 18.1. The number of carbonyl (C=O) groups excluding carboxylic acids is 2. The van der Waals surface area contributed by atoms with Crippen LogP contribution in [0.25, 0.3) is 0 Å². The normalized spacial score (nSPS) is 18.5. The molecule has 2 N–H and O–H groups in total. The molecule has 1 aliphatic heterocycles. The number of ether oxygens (including phenoxy) is 1. The summed E-state index contributed by atoms with van der Waals surface area (Å²) in [7, 11) is 0. The molecule has 6 heteroatoms. The molecule has 0 bridgehead atoms. The fourth-order valence-corrected chi connectivity index (χ4v) is 3.11. The van der Waals surface area contributed by atoms with Gasteiger partial charge in [-0.3, -0.25) is 4.79 Å². The number of aliphatic hydroxyl groups excluding tert-OH is 1. The van der Waals surface area contributed by atoms with E-state index in [0.717, 1.165) is 24.8 Å². The maximum Gasteiger partial charge on any atom is 0.409 e. The largest absolute Gasteiger partial charge is 0.450 e. The minimum Gasteiger partial charge on any atom is -0.450 e. The lowest BCUT2D eigenvalue weighted by atomic mass is 9.96. The number of aliphatic hydroxyl groups is 1. The zero-order valence-electron chi connectivity index (χ0n) is 14.8. The lowest BCUT2D eigenvalue weighted by molar-refractivity contribution is -0.126. The van der Waals surface area contributed by atoms with Crippen LogP contribution in [0.2, 0.25) is 0 Å². The van der Waals surface area contributed by atoms with Crippen LogP contribution in [-0.4, -0.2) is 54.9 Å². The Kier molecular flexibility index (Phi) is 7.73. The van der Waals surface area contributed by atoms with E-state index >= 15 is 0 Å². The molecule has 6 nitrogen and oxygen atoms in total. The maximum absolute atomic E-state index is 12.4. The second kappa shape index (κ2) is 10.0. The van der Waals surface area contributed by atoms with E-state index in [2.05, 4.69) is 5.32 Å². The van der Waals surface area contributed by atoms with Crippen molar-refractivity contribution < 1.29 is 19.4 Å². The highest BCUT2D eigenvalue weighted by atomic mass is 16.6. The van der Waals surface area contributed by atoms with Gasteiger partial charge in [0.1, 0.15) is 0 Å². The molecular weight excluding hydrogens is 320 g/mol. The van der Waals surface area contributed by atoms with E-state index in [-0.39, 0.29) is 30.4 Å². The lowest BCUT2D eigenvalue weighted by Gasteiger charge is -2.31. The van der Waals surface area contributed by atoms with Crippen LogP contribution in [0.5, 0.6) is 0 Å². The van der Waals surface area contributed by atoms with Gasteiger partial charge in [-0.05, 0) is 31.7 Å². The summed E-state index contributed by atoms with van der Waals surface area (Å²) in [6.07, 6.45) is 1.93. The Bertz CT molecular complexity index is 550. The van der Waals surface area contributed by atoms with Crippen molar-refractivity contribution in [3.8, 4) is 0 Å². The Morgan fingerprint density at radius 2 is 2.12 bits per heavy atom. The number of rotatable bonds is 7. The van der Waals surface area contributed by atoms with Crippen LogP contribution in [-0.2, 0) is 16.0 Å². The molecular formula is C19H28N2O4. The summed E-state index contributed by atoms with van der Waals surface area (Å²) in [5, 5.41) is 12.5. The van der Waals surface area contributed by atoms with Crippen molar-refractivity contribution in [2.75, 3.05) is 32.8 Å². The first-order valence-electron chi connectivity index (χ1n) is 8.98. The van der Waals surface area contributed by atoms with Gasteiger partial charge in [0.05, 0.1) is 12.5 Å². The SMILES string of the molecule is CCOC(=O)N1CCC[C@@H](C(=O)NC[C@@H](CO)Cc2ccccc2)C1. The fourth-order valence-electron chi connectivity index (χ4n) is 3.11. The first-order valence-corrected chi connectivity index (χ1v) is 8.98. The Hall–Kier alpha value is -2.08. The van der Waals surface area contributed by atoms with Gasteiger partial charge < -0.3 is 20.1 Å². The number of amides is 2. The van der Waals surface area contributed by atoms with Gasteiger partial charge in [0.25, 0.3) is 0 Å². The van der Waals surface area contributed by atoms with Crippen LogP contribution in [0.3, 0.4) is 0 Å². The van der Waals surface area contributed by atoms with Gasteiger partial charge in [-0.25, -0.2) is 4.79 Å². The van der Waals surface area contributed by atoms with E-state index in [1.54, 1.807) is 11.8 Å². The third-order valence-electron chi connectivity index (χ3n) is 4.51. The van der Waals surface area contributed by atoms with Crippen molar-refractivity contribution in [3.63, 3.8) is 0 Å². The third kappa shape index (κ3) is 6.05. The molecule has 1 aliphatic rings. The van der Waals surface area contributed by atoms with Crippen LogP contribution in [0.15, 0.2) is 30.3 Å². The number of nitrogens with zero attached hydrogens (tertiary/aromatic N) is 1. The second-order valence-corrected chi connectivity index (χ2v) is 6.47. The summed E-state index contributed by atoms with van der Waals surface area (Å²) < 4.78 is 5.01. The molecule has 138 valence electrons. The molecule has 0 aromatic heterocycles. The zero-order valence-corrected chi connectivity index (χ0v) is 14.8. The van der Waals surface area contributed by atoms with E-state index in [1.165, 1.54) is 0 Å². The summed E-state index contributed by atoms with van der Waals surface area (Å²) in [4.78, 5) is 25.8. The van der Waals surface area contributed by atoms with E-state index < -0.39 is 0 Å². The second-order valence-electron chi connectivity index (χ2n) is 6.47. The predicted octanol–water partition coefficient (Wildman–Crippen LogP) is 1.82. The molecule has 0 radical (unpaired) electrons. The third-order valence-corrected chi connectivity index (χ3v) is 4.51. The topological polar surface area (TPSA) is 78.9 Å². The number of hydrogen-bond acceptors (Lipinski definition) is 4. The summed E-state index contributed by atoms with van der Waals surface area (Å²) in [5.41, 5.74) is 1.14. The quantitative estimate of drug-likeness (QED) is 0.788. The molecule has 1 saturated heterocycles. The molecule has 2 atom stereocenters. The number of likely N-dealkylation sites (tertiary alicyclic amines) is 1. The Morgan fingerprint density at radius 3 is 2.80 bits per heavy atom. The molecule has 0 saturated carbocycles. The monoisotopic (exact) mass is 348 g/mol. The van der Waals surface area contributed by atoms with Gasteiger partial charge in [0.2, 0.25) is 5.91 Å². The summed E-state index contributed by atoms with van der Waals surface area (Å²) in [6.45, 7) is 3.59. The highest BCUT2D eigenvalue weighted by Gasteiger charge is 2.29. The molecule has 2 amide bonds.